The van der Waals surface area contributed by atoms with E-state index < -0.39 is 0 Å². The molecule has 2 aliphatic heterocycles. The molecule has 2 heterocycles. The molecule has 114 valence electrons. The lowest BCUT2D eigenvalue weighted by atomic mass is 10.1. The number of rotatable bonds is 3. The minimum absolute atomic E-state index is 0.0577. The number of phenols is 1. The average molecular weight is 290 g/mol. The molecule has 1 aromatic carbocycles. The van der Waals surface area contributed by atoms with Crippen molar-refractivity contribution in [3.63, 3.8) is 0 Å². The quantitative estimate of drug-likeness (QED) is 0.880. The van der Waals surface area contributed by atoms with E-state index in [-0.39, 0.29) is 17.8 Å². The summed E-state index contributed by atoms with van der Waals surface area (Å²) >= 11 is 0. The summed E-state index contributed by atoms with van der Waals surface area (Å²) in [5, 5.41) is 12.6. The SMILES string of the molecule is Cc1ccc(C(=O)NCC2CN3CCCC3CO2)cc1O. The van der Waals surface area contributed by atoms with E-state index in [2.05, 4.69) is 10.2 Å². The summed E-state index contributed by atoms with van der Waals surface area (Å²) in [6.07, 6.45) is 2.53. The summed E-state index contributed by atoms with van der Waals surface area (Å²) in [5.74, 6) is -0.0195. The van der Waals surface area contributed by atoms with Crippen LogP contribution < -0.4 is 5.32 Å². The molecular weight excluding hydrogens is 268 g/mol. The van der Waals surface area contributed by atoms with Crippen molar-refractivity contribution in [2.75, 3.05) is 26.2 Å². The smallest absolute Gasteiger partial charge is 0.251 e. The van der Waals surface area contributed by atoms with Crippen LogP contribution in [0.3, 0.4) is 0 Å². The minimum atomic E-state index is -0.169. The fourth-order valence-corrected chi connectivity index (χ4v) is 3.07. The molecule has 3 rings (SSSR count). The lowest BCUT2D eigenvalue weighted by molar-refractivity contribution is -0.0461. The normalized spacial score (nSPS) is 25.6. The predicted molar refractivity (Wildman–Crippen MR) is 79.5 cm³/mol. The maximum absolute atomic E-state index is 12.1. The number of aromatic hydroxyl groups is 1. The van der Waals surface area contributed by atoms with Gasteiger partial charge in [-0.15, -0.1) is 0 Å². The maximum Gasteiger partial charge on any atom is 0.251 e. The van der Waals surface area contributed by atoms with Gasteiger partial charge in [0, 0.05) is 24.7 Å². The van der Waals surface area contributed by atoms with Gasteiger partial charge in [-0.3, -0.25) is 9.69 Å². The number of carbonyl (C=O) groups is 1. The van der Waals surface area contributed by atoms with Crippen LogP contribution in [-0.2, 0) is 4.74 Å². The van der Waals surface area contributed by atoms with E-state index in [0.717, 1.165) is 25.3 Å². The van der Waals surface area contributed by atoms with Crippen LogP contribution in [0.2, 0.25) is 0 Å². The second-order valence-corrected chi connectivity index (χ2v) is 5.96. The van der Waals surface area contributed by atoms with Crippen molar-refractivity contribution >= 4 is 5.91 Å². The fraction of sp³-hybridized carbons (Fsp3) is 0.562. The molecule has 21 heavy (non-hydrogen) atoms. The van der Waals surface area contributed by atoms with Gasteiger partial charge in [0.15, 0.2) is 0 Å². The summed E-state index contributed by atoms with van der Waals surface area (Å²) < 4.78 is 5.82. The molecular formula is C16H22N2O3. The molecule has 0 bridgehead atoms. The van der Waals surface area contributed by atoms with Crippen LogP contribution >= 0.6 is 0 Å². The second-order valence-electron chi connectivity index (χ2n) is 5.96. The summed E-state index contributed by atoms with van der Waals surface area (Å²) in [6, 6.07) is 5.55. The van der Waals surface area contributed by atoms with Gasteiger partial charge in [-0.05, 0) is 44.0 Å². The van der Waals surface area contributed by atoms with Crippen molar-refractivity contribution in [2.24, 2.45) is 0 Å². The lowest BCUT2D eigenvalue weighted by Crippen LogP contribution is -2.50. The van der Waals surface area contributed by atoms with E-state index in [0.29, 0.717) is 18.2 Å². The Hall–Kier alpha value is -1.59. The van der Waals surface area contributed by atoms with Gasteiger partial charge in [-0.2, -0.15) is 0 Å². The van der Waals surface area contributed by atoms with Crippen LogP contribution in [0.15, 0.2) is 18.2 Å². The van der Waals surface area contributed by atoms with Crippen molar-refractivity contribution in [2.45, 2.75) is 31.9 Å². The molecule has 0 saturated carbocycles. The summed E-state index contributed by atoms with van der Waals surface area (Å²) in [6.45, 7) is 5.12. The zero-order valence-electron chi connectivity index (χ0n) is 12.3. The number of nitrogens with zero attached hydrogens (tertiary/aromatic N) is 1. The molecule has 0 aromatic heterocycles. The lowest BCUT2D eigenvalue weighted by Gasteiger charge is -2.35. The first-order valence-electron chi connectivity index (χ1n) is 7.57. The van der Waals surface area contributed by atoms with Crippen molar-refractivity contribution in [1.82, 2.24) is 10.2 Å². The molecule has 1 amide bonds. The number of aryl methyl sites for hydroxylation is 1. The highest BCUT2D eigenvalue weighted by Crippen LogP contribution is 2.22. The van der Waals surface area contributed by atoms with E-state index in [9.17, 15) is 9.90 Å². The second kappa shape index (κ2) is 6.03. The number of carbonyl (C=O) groups excluding carboxylic acids is 1. The Morgan fingerprint density at radius 1 is 1.52 bits per heavy atom. The molecule has 2 unspecified atom stereocenters. The summed E-state index contributed by atoms with van der Waals surface area (Å²) in [7, 11) is 0. The van der Waals surface area contributed by atoms with Crippen LogP contribution in [0.4, 0.5) is 0 Å². The fourth-order valence-electron chi connectivity index (χ4n) is 3.07. The van der Waals surface area contributed by atoms with Gasteiger partial charge in [-0.25, -0.2) is 0 Å². The molecule has 2 atom stereocenters. The van der Waals surface area contributed by atoms with Gasteiger partial charge in [0.2, 0.25) is 0 Å². The number of fused-ring (bicyclic) bond motifs is 1. The number of phenolic OH excluding ortho intramolecular Hbond substituents is 1. The number of morpholine rings is 1. The molecule has 5 heteroatoms. The van der Waals surface area contributed by atoms with E-state index in [4.69, 9.17) is 4.74 Å². The third-order valence-electron chi connectivity index (χ3n) is 4.42. The number of hydrogen-bond donors (Lipinski definition) is 2. The van der Waals surface area contributed by atoms with Crippen LogP contribution in [0.1, 0.15) is 28.8 Å². The van der Waals surface area contributed by atoms with Crippen molar-refractivity contribution in [1.29, 1.82) is 0 Å². The number of ether oxygens (including phenoxy) is 1. The van der Waals surface area contributed by atoms with Crippen LogP contribution in [0, 0.1) is 6.92 Å². The zero-order chi connectivity index (χ0) is 14.8. The van der Waals surface area contributed by atoms with E-state index in [1.165, 1.54) is 18.9 Å². The van der Waals surface area contributed by atoms with E-state index in [1.54, 1.807) is 19.1 Å². The first-order chi connectivity index (χ1) is 10.1. The molecule has 0 radical (unpaired) electrons. The van der Waals surface area contributed by atoms with Gasteiger partial charge in [-0.1, -0.05) is 6.07 Å². The van der Waals surface area contributed by atoms with Crippen LogP contribution in [0.5, 0.6) is 5.75 Å². The van der Waals surface area contributed by atoms with Crippen molar-refractivity contribution in [3.8, 4) is 5.75 Å². The highest BCUT2D eigenvalue weighted by atomic mass is 16.5. The van der Waals surface area contributed by atoms with E-state index >= 15 is 0 Å². The van der Waals surface area contributed by atoms with Crippen LogP contribution in [-0.4, -0.2) is 54.3 Å². The molecule has 0 aliphatic carbocycles. The molecule has 0 spiro atoms. The number of benzene rings is 1. The molecule has 2 aliphatic rings. The van der Waals surface area contributed by atoms with Gasteiger partial charge in [0.25, 0.3) is 5.91 Å². The number of nitrogens with one attached hydrogen (secondary N) is 1. The third-order valence-corrected chi connectivity index (χ3v) is 4.42. The molecule has 2 N–H and O–H groups in total. The molecule has 2 saturated heterocycles. The van der Waals surface area contributed by atoms with Gasteiger partial charge < -0.3 is 15.2 Å². The highest BCUT2D eigenvalue weighted by Gasteiger charge is 2.32. The van der Waals surface area contributed by atoms with Crippen molar-refractivity contribution < 1.29 is 14.6 Å². The van der Waals surface area contributed by atoms with Crippen LogP contribution in [0.25, 0.3) is 0 Å². The Balaban J connectivity index is 1.52. The average Bonchev–Trinajstić information content (AvgIpc) is 2.95. The Labute approximate surface area is 124 Å². The third kappa shape index (κ3) is 3.19. The van der Waals surface area contributed by atoms with E-state index in [1.807, 2.05) is 0 Å². The Morgan fingerprint density at radius 3 is 3.19 bits per heavy atom. The molecule has 1 aromatic rings. The first kappa shape index (κ1) is 14.4. The Kier molecular flexibility index (Phi) is 4.12. The number of hydrogen-bond acceptors (Lipinski definition) is 4. The monoisotopic (exact) mass is 290 g/mol. The van der Waals surface area contributed by atoms with Crippen molar-refractivity contribution in [3.05, 3.63) is 29.3 Å². The predicted octanol–water partition coefficient (Wildman–Crippen LogP) is 1.29. The largest absolute Gasteiger partial charge is 0.508 e. The summed E-state index contributed by atoms with van der Waals surface area (Å²) in [5.41, 5.74) is 1.25. The molecule has 2 fully saturated rings. The van der Waals surface area contributed by atoms with Gasteiger partial charge in [0.1, 0.15) is 5.75 Å². The topological polar surface area (TPSA) is 61.8 Å². The Bertz CT molecular complexity index is 532. The Morgan fingerprint density at radius 2 is 2.38 bits per heavy atom. The van der Waals surface area contributed by atoms with Gasteiger partial charge >= 0.3 is 0 Å². The van der Waals surface area contributed by atoms with Gasteiger partial charge in [0.05, 0.1) is 12.7 Å². The zero-order valence-corrected chi connectivity index (χ0v) is 12.3. The number of amides is 1. The standard InChI is InChI=1S/C16H22N2O3/c1-11-4-5-12(7-15(11)19)16(20)17-8-14-9-18-6-2-3-13(18)10-21-14/h4-5,7,13-14,19H,2-3,6,8-10H2,1H3,(H,17,20). The highest BCUT2D eigenvalue weighted by molar-refractivity contribution is 5.94. The molecule has 5 nitrogen and oxygen atoms in total. The first-order valence-corrected chi connectivity index (χ1v) is 7.57. The maximum atomic E-state index is 12.1. The summed E-state index contributed by atoms with van der Waals surface area (Å²) in [4.78, 5) is 14.5. The minimum Gasteiger partial charge on any atom is -0.508 e.